The summed E-state index contributed by atoms with van der Waals surface area (Å²) < 4.78 is 0. The summed E-state index contributed by atoms with van der Waals surface area (Å²) in [4.78, 5) is 38.9. The van der Waals surface area contributed by atoms with E-state index in [4.69, 9.17) is 0 Å². The predicted molar refractivity (Wildman–Crippen MR) is 102 cm³/mol. The monoisotopic (exact) mass is 365 g/mol. The zero-order chi connectivity index (χ0) is 19.4. The molecule has 4 amide bonds. The maximum absolute atomic E-state index is 13.0. The molecule has 0 spiro atoms. The quantitative estimate of drug-likeness (QED) is 0.773. The molecule has 0 radical (unpaired) electrons. The van der Waals surface area contributed by atoms with E-state index < -0.39 is 17.5 Å². The molecule has 6 nitrogen and oxygen atoms in total. The average Bonchev–Trinajstić information content (AvgIpc) is 2.94. The van der Waals surface area contributed by atoms with Crippen LogP contribution in [0.4, 0.5) is 4.79 Å². The van der Waals surface area contributed by atoms with Crippen LogP contribution in [0, 0.1) is 0 Å². The predicted octanol–water partition coefficient (Wildman–Crippen LogP) is 2.72. The molecule has 3 rings (SSSR count). The van der Waals surface area contributed by atoms with Gasteiger partial charge in [0.15, 0.2) is 0 Å². The van der Waals surface area contributed by atoms with E-state index in [0.717, 1.165) is 10.5 Å². The van der Waals surface area contributed by atoms with E-state index in [9.17, 15) is 14.4 Å². The molecule has 0 saturated carbocycles. The van der Waals surface area contributed by atoms with E-state index in [-0.39, 0.29) is 18.5 Å². The number of benzene rings is 2. The van der Waals surface area contributed by atoms with Crippen LogP contribution < -0.4 is 10.6 Å². The number of urea groups is 1. The highest BCUT2D eigenvalue weighted by molar-refractivity contribution is 6.09. The molecule has 2 aromatic carbocycles. The van der Waals surface area contributed by atoms with Crippen molar-refractivity contribution in [2.75, 3.05) is 6.54 Å². The number of imide groups is 1. The highest BCUT2D eigenvalue weighted by Crippen LogP contribution is 2.32. The minimum atomic E-state index is -1.12. The lowest BCUT2D eigenvalue weighted by Gasteiger charge is -2.25. The molecular formula is C21H23N3O3. The van der Waals surface area contributed by atoms with Gasteiger partial charge in [-0.25, -0.2) is 4.79 Å². The summed E-state index contributed by atoms with van der Waals surface area (Å²) in [6.45, 7) is 3.39. The highest BCUT2D eigenvalue weighted by Gasteiger charge is 2.51. The summed E-state index contributed by atoms with van der Waals surface area (Å²) in [5, 5.41) is 5.62. The Labute approximate surface area is 158 Å². The highest BCUT2D eigenvalue weighted by atomic mass is 16.2. The molecule has 2 N–H and O–H groups in total. The Morgan fingerprint density at radius 2 is 1.67 bits per heavy atom. The Kier molecular flexibility index (Phi) is 5.26. The van der Waals surface area contributed by atoms with Crippen LogP contribution in [-0.4, -0.2) is 29.3 Å². The fourth-order valence-corrected chi connectivity index (χ4v) is 3.39. The van der Waals surface area contributed by atoms with E-state index >= 15 is 0 Å². The number of carbonyl (C=O) groups is 3. The van der Waals surface area contributed by atoms with Crippen LogP contribution >= 0.6 is 0 Å². The van der Waals surface area contributed by atoms with Crippen molar-refractivity contribution < 1.29 is 14.4 Å². The number of hydrogen-bond donors (Lipinski definition) is 2. The Morgan fingerprint density at radius 3 is 2.26 bits per heavy atom. The molecule has 1 saturated heterocycles. The second-order valence-electron chi connectivity index (χ2n) is 6.65. The number of nitrogens with one attached hydrogen (secondary N) is 2. The van der Waals surface area contributed by atoms with Crippen LogP contribution in [0.15, 0.2) is 60.7 Å². The lowest BCUT2D eigenvalue weighted by Crippen LogP contribution is -2.45. The lowest BCUT2D eigenvalue weighted by molar-refractivity contribution is -0.135. The fraction of sp³-hybridized carbons (Fsp3) is 0.286. The Morgan fingerprint density at radius 1 is 1.07 bits per heavy atom. The molecule has 140 valence electrons. The summed E-state index contributed by atoms with van der Waals surface area (Å²) in [7, 11) is 0. The molecule has 6 heteroatoms. The standard InChI is InChI=1S/C21H23N3O3/c1-3-21(17-12-8-5-9-13-17)19(26)24(20(27)23-21)14-18(25)22-15(2)16-10-6-4-7-11-16/h4-13,15H,3,14H2,1-2H3,(H,22,25)(H,23,27)/t15-,21-/m1/s1. The first-order valence-electron chi connectivity index (χ1n) is 9.02. The van der Waals surface area contributed by atoms with Gasteiger partial charge in [-0.2, -0.15) is 0 Å². The third-order valence-electron chi connectivity index (χ3n) is 4.95. The van der Waals surface area contributed by atoms with Gasteiger partial charge >= 0.3 is 6.03 Å². The van der Waals surface area contributed by atoms with Gasteiger partial charge in [-0.3, -0.25) is 14.5 Å². The summed E-state index contributed by atoms with van der Waals surface area (Å²) in [5.74, 6) is -0.779. The van der Waals surface area contributed by atoms with Crippen molar-refractivity contribution in [1.29, 1.82) is 0 Å². The molecule has 0 bridgehead atoms. The van der Waals surface area contributed by atoms with Crippen LogP contribution in [0.3, 0.4) is 0 Å². The van der Waals surface area contributed by atoms with E-state index in [1.807, 2.05) is 74.5 Å². The average molecular weight is 365 g/mol. The maximum atomic E-state index is 13.0. The van der Waals surface area contributed by atoms with Crippen molar-refractivity contribution in [2.45, 2.75) is 31.8 Å². The van der Waals surface area contributed by atoms with Crippen molar-refractivity contribution in [3.63, 3.8) is 0 Å². The summed E-state index contributed by atoms with van der Waals surface area (Å²) in [5.41, 5.74) is 0.547. The molecule has 1 fully saturated rings. The van der Waals surface area contributed by atoms with Crippen molar-refractivity contribution in [3.05, 3.63) is 71.8 Å². The van der Waals surface area contributed by atoms with E-state index in [1.165, 1.54) is 0 Å². The molecular weight excluding hydrogens is 342 g/mol. The van der Waals surface area contributed by atoms with E-state index in [0.29, 0.717) is 12.0 Å². The zero-order valence-corrected chi connectivity index (χ0v) is 15.4. The van der Waals surface area contributed by atoms with Gasteiger partial charge in [0.05, 0.1) is 6.04 Å². The van der Waals surface area contributed by atoms with E-state index in [2.05, 4.69) is 10.6 Å². The third-order valence-corrected chi connectivity index (χ3v) is 4.95. The van der Waals surface area contributed by atoms with Crippen LogP contribution in [0.1, 0.15) is 37.4 Å². The normalized spacial score (nSPS) is 20.3. The lowest BCUT2D eigenvalue weighted by atomic mass is 9.87. The van der Waals surface area contributed by atoms with Gasteiger partial charge in [-0.1, -0.05) is 67.6 Å². The van der Waals surface area contributed by atoms with Crippen molar-refractivity contribution in [3.8, 4) is 0 Å². The first-order valence-corrected chi connectivity index (χ1v) is 9.02. The van der Waals surface area contributed by atoms with Gasteiger partial charge in [0.25, 0.3) is 5.91 Å². The minimum Gasteiger partial charge on any atom is -0.348 e. The van der Waals surface area contributed by atoms with Gasteiger partial charge in [0.1, 0.15) is 12.1 Å². The summed E-state index contributed by atoms with van der Waals surface area (Å²) >= 11 is 0. The van der Waals surface area contributed by atoms with Crippen LogP contribution in [-0.2, 0) is 15.1 Å². The first kappa shape index (κ1) is 18.6. The topological polar surface area (TPSA) is 78.5 Å². The Hall–Kier alpha value is -3.15. The number of hydrogen-bond acceptors (Lipinski definition) is 3. The molecule has 1 aliphatic heterocycles. The molecule has 1 aliphatic rings. The Bertz CT molecular complexity index is 838. The van der Waals surface area contributed by atoms with E-state index in [1.54, 1.807) is 0 Å². The second-order valence-corrected chi connectivity index (χ2v) is 6.65. The molecule has 0 aromatic heterocycles. The summed E-state index contributed by atoms with van der Waals surface area (Å²) in [6, 6.07) is 17.9. The Balaban J connectivity index is 1.73. The van der Waals surface area contributed by atoms with Crippen LogP contribution in [0.5, 0.6) is 0 Å². The third kappa shape index (κ3) is 3.56. The fourth-order valence-electron chi connectivity index (χ4n) is 3.39. The van der Waals surface area contributed by atoms with Crippen molar-refractivity contribution in [1.82, 2.24) is 15.5 Å². The molecule has 0 aliphatic carbocycles. The number of carbonyl (C=O) groups excluding carboxylic acids is 3. The summed E-state index contributed by atoms with van der Waals surface area (Å²) in [6.07, 6.45) is 0.403. The van der Waals surface area contributed by atoms with Crippen LogP contribution in [0.2, 0.25) is 0 Å². The SMILES string of the molecule is CC[C@]1(c2ccccc2)NC(=O)N(CC(=O)N[C@H](C)c2ccccc2)C1=O. The molecule has 2 atom stereocenters. The smallest absolute Gasteiger partial charge is 0.325 e. The van der Waals surface area contributed by atoms with Gasteiger partial charge < -0.3 is 10.6 Å². The number of nitrogens with zero attached hydrogens (tertiary/aromatic N) is 1. The van der Waals surface area contributed by atoms with Gasteiger partial charge in [0, 0.05) is 0 Å². The largest absolute Gasteiger partial charge is 0.348 e. The second kappa shape index (κ2) is 7.61. The number of rotatable bonds is 6. The van der Waals surface area contributed by atoms with Gasteiger partial charge in [-0.15, -0.1) is 0 Å². The molecule has 0 unspecified atom stereocenters. The maximum Gasteiger partial charge on any atom is 0.325 e. The van der Waals surface area contributed by atoms with Gasteiger partial charge in [-0.05, 0) is 24.5 Å². The molecule has 1 heterocycles. The van der Waals surface area contributed by atoms with Crippen molar-refractivity contribution >= 4 is 17.8 Å². The molecule has 27 heavy (non-hydrogen) atoms. The first-order chi connectivity index (χ1) is 13.0. The molecule has 2 aromatic rings. The minimum absolute atomic E-state index is 0.218. The number of amides is 4. The zero-order valence-electron chi connectivity index (χ0n) is 15.4. The van der Waals surface area contributed by atoms with Crippen LogP contribution in [0.25, 0.3) is 0 Å². The van der Waals surface area contributed by atoms with Crippen molar-refractivity contribution in [2.24, 2.45) is 0 Å². The van der Waals surface area contributed by atoms with Gasteiger partial charge in [0.2, 0.25) is 5.91 Å².